The van der Waals surface area contributed by atoms with Gasteiger partial charge in [-0.25, -0.2) is 0 Å². The van der Waals surface area contributed by atoms with Crippen molar-refractivity contribution in [3.8, 4) is 17.2 Å². The molecule has 23 heavy (non-hydrogen) atoms. The van der Waals surface area contributed by atoms with Crippen LogP contribution in [-0.4, -0.2) is 44.6 Å². The Balaban J connectivity index is 1.73. The van der Waals surface area contributed by atoms with Gasteiger partial charge < -0.3 is 18.9 Å². The second-order valence-corrected chi connectivity index (χ2v) is 6.82. The van der Waals surface area contributed by atoms with Crippen molar-refractivity contribution in [2.45, 2.75) is 36.9 Å². The topological polar surface area (TPSA) is 40.2 Å². The maximum Gasteiger partial charge on any atom is 0.231 e. The first-order chi connectivity index (χ1) is 11.3. The highest BCUT2D eigenvalue weighted by Crippen LogP contribution is 2.57. The van der Waals surface area contributed by atoms with E-state index in [-0.39, 0.29) is 18.3 Å². The van der Waals surface area contributed by atoms with Gasteiger partial charge >= 0.3 is 0 Å². The minimum absolute atomic E-state index is 0.0525. The quantitative estimate of drug-likeness (QED) is 0.783. The molecule has 0 spiro atoms. The smallest absolute Gasteiger partial charge is 0.231 e. The molecule has 5 nitrogen and oxygen atoms in total. The molecule has 1 unspecified atom stereocenters. The molecule has 3 heterocycles. The molecule has 2 bridgehead atoms. The van der Waals surface area contributed by atoms with Gasteiger partial charge in [-0.3, -0.25) is 4.90 Å². The summed E-state index contributed by atoms with van der Waals surface area (Å²) >= 11 is 0. The number of fused-ring (bicyclic) bond motifs is 2. The summed E-state index contributed by atoms with van der Waals surface area (Å²) in [5.74, 6) is 2.43. The molecule has 1 aromatic rings. The van der Waals surface area contributed by atoms with E-state index in [4.69, 9.17) is 18.9 Å². The largest absolute Gasteiger partial charge is 0.492 e. The van der Waals surface area contributed by atoms with Gasteiger partial charge in [0.15, 0.2) is 11.5 Å². The van der Waals surface area contributed by atoms with E-state index in [2.05, 4.69) is 23.1 Å². The molecule has 0 saturated carbocycles. The molecule has 0 N–H and O–H groups in total. The Labute approximate surface area is 135 Å². The predicted octanol–water partition coefficient (Wildman–Crippen LogP) is 2.22. The van der Waals surface area contributed by atoms with Crippen LogP contribution >= 0.6 is 0 Å². The van der Waals surface area contributed by atoms with E-state index in [9.17, 15) is 0 Å². The summed E-state index contributed by atoms with van der Waals surface area (Å²) in [5.41, 5.74) is 2.66. The molecule has 5 rings (SSSR count). The number of hydrogen-bond donors (Lipinski definition) is 0. The highest BCUT2D eigenvalue weighted by molar-refractivity contribution is 5.64. The van der Waals surface area contributed by atoms with Crippen LogP contribution in [-0.2, 0) is 16.7 Å². The van der Waals surface area contributed by atoms with E-state index >= 15 is 0 Å². The van der Waals surface area contributed by atoms with E-state index in [1.165, 1.54) is 11.1 Å². The van der Waals surface area contributed by atoms with Gasteiger partial charge in [0.05, 0.1) is 13.2 Å². The molecular formula is C18H21NO4. The van der Waals surface area contributed by atoms with E-state index in [0.717, 1.165) is 43.2 Å². The van der Waals surface area contributed by atoms with Crippen molar-refractivity contribution in [3.05, 3.63) is 29.3 Å². The predicted molar refractivity (Wildman–Crippen MR) is 84.2 cm³/mol. The Morgan fingerprint density at radius 2 is 2.22 bits per heavy atom. The van der Waals surface area contributed by atoms with Crippen LogP contribution in [0.2, 0.25) is 0 Å². The molecule has 4 atom stereocenters. The van der Waals surface area contributed by atoms with E-state index in [1.54, 1.807) is 14.2 Å². The van der Waals surface area contributed by atoms with Gasteiger partial charge in [0.1, 0.15) is 0 Å². The van der Waals surface area contributed by atoms with Crippen LogP contribution in [0.25, 0.3) is 0 Å². The van der Waals surface area contributed by atoms with E-state index in [1.807, 2.05) is 0 Å². The lowest BCUT2D eigenvalue weighted by molar-refractivity contribution is 0.0744. The zero-order chi connectivity index (χ0) is 15.6. The lowest BCUT2D eigenvalue weighted by Gasteiger charge is -2.46. The second kappa shape index (κ2) is 4.65. The maximum absolute atomic E-state index is 5.72. The molecule has 1 saturated heterocycles. The van der Waals surface area contributed by atoms with Crippen molar-refractivity contribution in [2.75, 3.05) is 27.6 Å². The van der Waals surface area contributed by atoms with Crippen LogP contribution in [0.1, 0.15) is 24.0 Å². The molecule has 1 fully saturated rings. The summed E-state index contributed by atoms with van der Waals surface area (Å²) in [4.78, 5) is 2.57. The standard InChI is InChI=1S/C18H21NO4/c1-20-11-3-4-18-5-6-19(15(18)7-11)9-12-13(18)8-14-17(16(12)21-2)23-10-22-14/h3-4,8,11,15H,5-7,9-10H2,1-2H3/t11-,15-,18-/m1/s1. The molecule has 4 aliphatic rings. The zero-order valence-corrected chi connectivity index (χ0v) is 13.5. The summed E-state index contributed by atoms with van der Waals surface area (Å²) in [6.45, 7) is 2.29. The molecular weight excluding hydrogens is 294 g/mol. The first-order valence-corrected chi connectivity index (χ1v) is 8.23. The average Bonchev–Trinajstić information content (AvgIpc) is 3.15. The van der Waals surface area contributed by atoms with Gasteiger partial charge in [0, 0.05) is 37.2 Å². The minimum Gasteiger partial charge on any atom is -0.492 e. The number of benzene rings is 1. The molecule has 0 aromatic heterocycles. The Kier molecular flexibility index (Phi) is 2.77. The maximum atomic E-state index is 5.72. The number of nitrogens with zero attached hydrogens (tertiary/aromatic N) is 1. The normalized spacial score (nSPS) is 35.8. The number of methoxy groups -OCH3 is 2. The van der Waals surface area contributed by atoms with Crippen LogP contribution in [0.5, 0.6) is 17.2 Å². The van der Waals surface area contributed by atoms with Gasteiger partial charge in [-0.05, 0) is 24.5 Å². The fourth-order valence-electron chi connectivity index (χ4n) is 4.92. The molecule has 3 aliphatic heterocycles. The van der Waals surface area contributed by atoms with Crippen molar-refractivity contribution < 1.29 is 18.9 Å². The number of hydrogen-bond acceptors (Lipinski definition) is 5. The lowest BCUT2D eigenvalue weighted by atomic mass is 9.66. The third-order valence-electron chi connectivity index (χ3n) is 6.00. The van der Waals surface area contributed by atoms with Gasteiger partial charge in [-0.2, -0.15) is 0 Å². The fourth-order valence-corrected chi connectivity index (χ4v) is 4.92. The number of ether oxygens (including phenoxy) is 4. The van der Waals surface area contributed by atoms with Gasteiger partial charge in [-0.15, -0.1) is 0 Å². The SMILES string of the molecule is COc1c2c(cc3c1OCO3)[C@]13C=C[C@@H](OC)C[C@H]1N(CC3)C2. The van der Waals surface area contributed by atoms with Gasteiger partial charge in [0.25, 0.3) is 0 Å². The van der Waals surface area contributed by atoms with Crippen LogP contribution in [0.4, 0.5) is 0 Å². The average molecular weight is 315 g/mol. The second-order valence-electron chi connectivity index (χ2n) is 6.82. The first kappa shape index (κ1) is 13.7. The van der Waals surface area contributed by atoms with E-state index in [0.29, 0.717) is 6.04 Å². The molecule has 122 valence electrons. The zero-order valence-electron chi connectivity index (χ0n) is 13.5. The Morgan fingerprint density at radius 1 is 1.30 bits per heavy atom. The molecule has 1 aromatic carbocycles. The fraction of sp³-hybridized carbons (Fsp3) is 0.556. The Morgan fingerprint density at radius 3 is 3.04 bits per heavy atom. The molecule has 0 radical (unpaired) electrons. The summed E-state index contributed by atoms with van der Waals surface area (Å²) < 4.78 is 22.6. The Bertz CT molecular complexity index is 701. The molecule has 1 aliphatic carbocycles. The third kappa shape index (κ3) is 1.64. The third-order valence-corrected chi connectivity index (χ3v) is 6.00. The van der Waals surface area contributed by atoms with E-state index < -0.39 is 0 Å². The van der Waals surface area contributed by atoms with Gasteiger partial charge in [-0.1, -0.05) is 12.2 Å². The van der Waals surface area contributed by atoms with Crippen LogP contribution in [0, 0.1) is 0 Å². The number of rotatable bonds is 2. The summed E-state index contributed by atoms with van der Waals surface area (Å²) in [6, 6.07) is 2.68. The van der Waals surface area contributed by atoms with Crippen LogP contribution in [0.15, 0.2) is 18.2 Å². The first-order valence-electron chi connectivity index (χ1n) is 8.23. The minimum atomic E-state index is 0.0525. The molecule has 5 heteroatoms. The van der Waals surface area contributed by atoms with Gasteiger partial charge in [0.2, 0.25) is 12.5 Å². The Hall–Kier alpha value is -1.72. The molecule has 0 amide bonds. The van der Waals surface area contributed by atoms with Crippen molar-refractivity contribution in [3.63, 3.8) is 0 Å². The summed E-state index contributed by atoms with van der Waals surface area (Å²) in [6.07, 6.45) is 7.00. The highest BCUT2D eigenvalue weighted by Gasteiger charge is 2.54. The summed E-state index contributed by atoms with van der Waals surface area (Å²) in [7, 11) is 3.51. The van der Waals surface area contributed by atoms with Crippen molar-refractivity contribution in [1.82, 2.24) is 4.90 Å². The van der Waals surface area contributed by atoms with Crippen molar-refractivity contribution >= 4 is 0 Å². The van der Waals surface area contributed by atoms with Crippen molar-refractivity contribution in [2.24, 2.45) is 0 Å². The monoisotopic (exact) mass is 315 g/mol. The lowest BCUT2D eigenvalue weighted by Crippen LogP contribution is -2.49. The summed E-state index contributed by atoms with van der Waals surface area (Å²) in [5, 5.41) is 0. The van der Waals surface area contributed by atoms with Crippen LogP contribution in [0.3, 0.4) is 0 Å². The highest BCUT2D eigenvalue weighted by atomic mass is 16.7. The van der Waals surface area contributed by atoms with Crippen LogP contribution < -0.4 is 14.2 Å². The van der Waals surface area contributed by atoms with Crippen molar-refractivity contribution in [1.29, 1.82) is 0 Å².